The third kappa shape index (κ3) is 13.9. The molecule has 284 valence electrons. The van der Waals surface area contributed by atoms with Crippen molar-refractivity contribution in [3.05, 3.63) is 97.1 Å². The van der Waals surface area contributed by atoms with Crippen LogP contribution in [0.3, 0.4) is 0 Å². The fourth-order valence-electron chi connectivity index (χ4n) is 7.34. The van der Waals surface area contributed by atoms with E-state index >= 15 is 0 Å². The molecule has 52 heavy (non-hydrogen) atoms. The van der Waals surface area contributed by atoms with Crippen LogP contribution in [0.2, 0.25) is 0 Å². The Kier molecular flexibility index (Phi) is 18.4. The molecule has 0 saturated heterocycles. The zero-order valence-corrected chi connectivity index (χ0v) is 34.8. The maximum absolute atomic E-state index is 9.08. The molecular formula is C43H57NO5PPdS+. The van der Waals surface area contributed by atoms with Crippen LogP contribution in [0.4, 0.5) is 5.69 Å². The van der Waals surface area contributed by atoms with E-state index in [2.05, 4.69) is 76.2 Å². The van der Waals surface area contributed by atoms with E-state index in [1.165, 1.54) is 75.3 Å². The summed E-state index contributed by atoms with van der Waals surface area (Å²) in [4.78, 5) is 0. The largest absolute Gasteiger partial charge is 2.00 e. The first-order valence-corrected chi connectivity index (χ1v) is 22.0. The van der Waals surface area contributed by atoms with Crippen LogP contribution >= 0.6 is 7.92 Å². The fourth-order valence-corrected chi connectivity index (χ4v) is 11.8. The average Bonchev–Trinajstić information content (AvgIpc) is 3.10. The molecule has 0 spiro atoms. The van der Waals surface area contributed by atoms with Crippen LogP contribution in [-0.2, 0) is 30.5 Å². The number of nitrogens with two attached hydrogens (primary N) is 1. The second-order valence-electron chi connectivity index (χ2n) is 14.2. The van der Waals surface area contributed by atoms with Crippen LogP contribution in [-0.4, -0.2) is 42.8 Å². The Morgan fingerprint density at radius 3 is 1.62 bits per heavy atom. The first-order chi connectivity index (χ1) is 24.4. The van der Waals surface area contributed by atoms with Crippen molar-refractivity contribution in [3.63, 3.8) is 0 Å². The van der Waals surface area contributed by atoms with Gasteiger partial charge >= 0.3 is 20.4 Å². The minimum atomic E-state index is -3.92. The number of anilines is 1. The zero-order chi connectivity index (χ0) is 36.8. The van der Waals surface area contributed by atoms with Gasteiger partial charge in [0.05, 0.1) is 39.2 Å². The Labute approximate surface area is 328 Å². The first kappa shape index (κ1) is 43.7. The van der Waals surface area contributed by atoms with Crippen LogP contribution in [0.15, 0.2) is 91.0 Å². The number of benzene rings is 4. The summed E-state index contributed by atoms with van der Waals surface area (Å²) in [5, 5.41) is 1.63. The van der Waals surface area contributed by atoms with Gasteiger partial charge in [0.15, 0.2) is 0 Å². The van der Waals surface area contributed by atoms with Crippen molar-refractivity contribution in [1.82, 2.24) is 0 Å². The van der Waals surface area contributed by atoms with Crippen molar-refractivity contribution in [2.45, 2.75) is 115 Å². The van der Waals surface area contributed by atoms with Crippen LogP contribution in [0.25, 0.3) is 22.3 Å². The Morgan fingerprint density at radius 2 is 1.15 bits per heavy atom. The van der Waals surface area contributed by atoms with E-state index in [1.54, 1.807) is 5.30 Å². The van der Waals surface area contributed by atoms with E-state index in [-0.39, 0.29) is 32.6 Å². The van der Waals surface area contributed by atoms with Crippen molar-refractivity contribution >= 4 is 29.0 Å². The normalized spacial score (nSPS) is 15.2. The number of rotatable bonds is 9. The van der Waals surface area contributed by atoms with Crippen molar-refractivity contribution < 1.29 is 42.9 Å². The summed E-state index contributed by atoms with van der Waals surface area (Å²) in [6, 6.07) is 34.4. The van der Waals surface area contributed by atoms with E-state index in [0.717, 1.165) is 39.6 Å². The van der Waals surface area contributed by atoms with Crippen molar-refractivity contribution in [2.75, 3.05) is 12.0 Å². The van der Waals surface area contributed by atoms with Gasteiger partial charge in [-0.15, -0.1) is 35.9 Å². The second-order valence-corrected chi connectivity index (χ2v) is 18.7. The Hall–Kier alpha value is -2.72. The molecule has 2 aliphatic carbocycles. The van der Waals surface area contributed by atoms with Gasteiger partial charge < -0.3 is 19.8 Å². The molecule has 2 aliphatic rings. The second kappa shape index (κ2) is 21.9. The standard InChI is InChI=1S/C30H43O2P.C12H10N.CH4O3S.Pd/c1-22(2)31-27-19-13-20-28(32-23(3)4)30(27)26-18-11-12-21-29(26)33(24-14-7-5-8-15-24)25-16-9-6-10-17-25;13-12-9-5-4-8-11(12)10-6-2-1-3-7-10;1-5(2,3)4;/h11-13,18-25H,5-10,14-17H2,1-4H3;1-6,8-9H,13H2;1H3,(H,2,3,4);/q;-1;;+2. The molecule has 0 bridgehead atoms. The minimum absolute atomic E-state index is 0. The molecule has 9 heteroatoms. The molecule has 0 unspecified atom stereocenters. The van der Waals surface area contributed by atoms with E-state index in [4.69, 9.17) is 28.2 Å². The number of hydrogen-bond acceptors (Lipinski definition) is 6. The molecule has 2 fully saturated rings. The third-order valence-electron chi connectivity index (χ3n) is 9.27. The smallest absolute Gasteiger partial charge is 0.748 e. The van der Waals surface area contributed by atoms with Crippen LogP contribution in [0.1, 0.15) is 91.9 Å². The first-order valence-electron chi connectivity index (χ1n) is 18.6. The summed E-state index contributed by atoms with van der Waals surface area (Å²) < 4.78 is 40.0. The van der Waals surface area contributed by atoms with Crippen LogP contribution in [0, 0.1) is 6.07 Å². The zero-order valence-electron chi connectivity index (χ0n) is 31.4. The van der Waals surface area contributed by atoms with E-state index in [1.807, 2.05) is 48.5 Å². The Morgan fingerprint density at radius 1 is 0.692 bits per heavy atom. The quantitative estimate of drug-likeness (QED) is 0.0592. The van der Waals surface area contributed by atoms with Gasteiger partial charge in [-0.1, -0.05) is 60.9 Å². The molecule has 0 atom stereocenters. The topological polar surface area (TPSA) is 102 Å². The van der Waals surface area contributed by atoms with Gasteiger partial charge in [0, 0.05) is 19.7 Å². The summed E-state index contributed by atoms with van der Waals surface area (Å²) in [7, 11) is -4.62. The number of para-hydroxylation sites is 1. The monoisotopic (exact) mass is 836 g/mol. The summed E-state index contributed by atoms with van der Waals surface area (Å²) >= 11 is 0. The van der Waals surface area contributed by atoms with E-state index in [0.29, 0.717) is 6.26 Å². The minimum Gasteiger partial charge on any atom is -0.748 e. The van der Waals surface area contributed by atoms with Crippen molar-refractivity contribution in [1.29, 1.82) is 0 Å². The maximum atomic E-state index is 9.08. The molecule has 6 rings (SSSR count). The fraction of sp³-hybridized carbons (Fsp3) is 0.442. The van der Waals surface area contributed by atoms with Gasteiger partial charge in [-0.3, -0.25) is 0 Å². The van der Waals surface area contributed by atoms with Gasteiger partial charge in [-0.05, 0) is 109 Å². The molecule has 6 nitrogen and oxygen atoms in total. The summed E-state index contributed by atoms with van der Waals surface area (Å²) in [5.41, 5.74) is 13.1. The summed E-state index contributed by atoms with van der Waals surface area (Å²) in [6.07, 6.45) is 15.1. The molecule has 0 radical (unpaired) electrons. The molecule has 0 aromatic heterocycles. The molecule has 2 N–H and O–H groups in total. The van der Waals surface area contributed by atoms with Gasteiger partial charge in [0.1, 0.15) is 16.8 Å². The molecule has 0 heterocycles. The molecule has 2 saturated carbocycles. The molecule has 0 amide bonds. The van der Waals surface area contributed by atoms with E-state index in [9.17, 15) is 0 Å². The predicted octanol–water partition coefficient (Wildman–Crippen LogP) is 10.3. The molecular weight excluding hydrogens is 780 g/mol. The van der Waals surface area contributed by atoms with Gasteiger partial charge in [-0.2, -0.15) is 0 Å². The van der Waals surface area contributed by atoms with Crippen molar-refractivity contribution in [2.24, 2.45) is 0 Å². The van der Waals surface area contributed by atoms with Gasteiger partial charge in [0.25, 0.3) is 0 Å². The van der Waals surface area contributed by atoms with E-state index < -0.39 is 18.0 Å². The molecule has 4 aromatic rings. The van der Waals surface area contributed by atoms with Crippen LogP contribution in [0.5, 0.6) is 11.5 Å². The van der Waals surface area contributed by atoms with Crippen LogP contribution < -0.4 is 20.5 Å². The summed E-state index contributed by atoms with van der Waals surface area (Å²) in [6.45, 7) is 8.46. The van der Waals surface area contributed by atoms with Gasteiger partial charge in [-0.25, -0.2) is 8.42 Å². The van der Waals surface area contributed by atoms with Crippen molar-refractivity contribution in [3.8, 4) is 33.8 Å². The average molecular weight is 837 g/mol. The predicted molar refractivity (Wildman–Crippen MR) is 216 cm³/mol. The maximum Gasteiger partial charge on any atom is 2.00 e. The van der Waals surface area contributed by atoms with Gasteiger partial charge in [0.2, 0.25) is 0 Å². The molecule has 0 aliphatic heterocycles. The SMILES string of the molecule is CC(C)Oc1cccc(OC(C)C)c1-c1ccccc1[PH+](C1CCCCC1)C1CCCCC1.CS(=O)(=O)[O-].Nc1ccccc1-c1[c-]cccc1.[Pd+2]. The number of hydrogen-bond donors (Lipinski definition) is 1. The Balaban J connectivity index is 0.000000316. The Bertz CT molecular complexity index is 1690. The third-order valence-corrected chi connectivity index (χ3v) is 13.2. The number of nitrogen functional groups attached to an aromatic ring is 1. The molecule has 4 aromatic carbocycles. The number of ether oxygens (including phenoxy) is 2. The summed E-state index contributed by atoms with van der Waals surface area (Å²) in [5.74, 6) is 1.92.